The molecule has 0 aromatic carbocycles. The number of rotatable bonds is 5. The molecular weight excluding hydrogens is 546 g/mol. The third-order valence-electron chi connectivity index (χ3n) is 7.05. The van der Waals surface area contributed by atoms with Crippen molar-refractivity contribution in [1.29, 1.82) is 10.7 Å². The number of thiophene rings is 1. The first-order chi connectivity index (χ1) is 19.4. The molecule has 3 heterocycles. The van der Waals surface area contributed by atoms with Crippen molar-refractivity contribution in [3.63, 3.8) is 0 Å². The van der Waals surface area contributed by atoms with E-state index < -0.39 is 28.7 Å². The van der Waals surface area contributed by atoms with Crippen molar-refractivity contribution < 1.29 is 14.3 Å². The summed E-state index contributed by atoms with van der Waals surface area (Å²) >= 11 is 1.43. The summed E-state index contributed by atoms with van der Waals surface area (Å²) in [5, 5.41) is 24.9. The van der Waals surface area contributed by atoms with Crippen LogP contribution in [0.1, 0.15) is 62.2 Å². The molecule has 1 atom stereocenters. The Labute approximate surface area is 242 Å². The van der Waals surface area contributed by atoms with Crippen molar-refractivity contribution in [3.8, 4) is 6.07 Å². The summed E-state index contributed by atoms with van der Waals surface area (Å²) in [6.07, 6.45) is 3.11. The Morgan fingerprint density at radius 2 is 2.02 bits per heavy atom. The van der Waals surface area contributed by atoms with E-state index in [0.717, 1.165) is 17.7 Å². The highest BCUT2D eigenvalue weighted by Crippen LogP contribution is 2.46. The molecule has 1 aliphatic carbocycles. The lowest BCUT2D eigenvalue weighted by molar-refractivity contribution is -0.125. The second-order valence-corrected chi connectivity index (χ2v) is 12.3. The van der Waals surface area contributed by atoms with Crippen molar-refractivity contribution in [2.24, 2.45) is 4.99 Å². The van der Waals surface area contributed by atoms with Gasteiger partial charge in [0.25, 0.3) is 0 Å². The van der Waals surface area contributed by atoms with Gasteiger partial charge in [-0.2, -0.15) is 10.2 Å². The Morgan fingerprint density at radius 3 is 2.66 bits per heavy atom. The molecule has 2 aromatic rings. The van der Waals surface area contributed by atoms with Gasteiger partial charge in [-0.15, -0.1) is 11.3 Å². The van der Waals surface area contributed by atoms with E-state index in [2.05, 4.69) is 31.7 Å². The molecule has 4 N–H and O–H groups in total. The molecule has 2 amide bonds. The molecule has 1 fully saturated rings. The predicted octanol–water partition coefficient (Wildman–Crippen LogP) is 2.57. The highest BCUT2D eigenvalue weighted by molar-refractivity contribution is 7.16. The number of fused-ring (bicyclic) bond motifs is 1. The largest absolute Gasteiger partial charge is 0.444 e. The number of carbonyl (C=O) groups is 2. The van der Waals surface area contributed by atoms with E-state index in [4.69, 9.17) is 10.1 Å². The fourth-order valence-electron chi connectivity index (χ4n) is 5.03. The average Bonchev–Trinajstić information content (AvgIpc) is 3.29. The molecule has 0 saturated carbocycles. The minimum atomic E-state index is -1.04. The van der Waals surface area contributed by atoms with Crippen molar-refractivity contribution in [3.05, 3.63) is 38.2 Å². The summed E-state index contributed by atoms with van der Waals surface area (Å²) in [5.74, 6) is -0.365. The minimum Gasteiger partial charge on any atom is -0.444 e. The third kappa shape index (κ3) is 6.40. The van der Waals surface area contributed by atoms with Crippen LogP contribution >= 0.6 is 11.3 Å². The van der Waals surface area contributed by atoms with Crippen molar-refractivity contribution >= 4 is 46.3 Å². The smallest absolute Gasteiger partial charge is 0.410 e. The maximum absolute atomic E-state index is 13.7. The number of aromatic amines is 1. The second-order valence-electron chi connectivity index (χ2n) is 11.2. The summed E-state index contributed by atoms with van der Waals surface area (Å²) in [4.78, 5) is 53.4. The van der Waals surface area contributed by atoms with E-state index in [1.807, 2.05) is 25.7 Å². The lowest BCUT2D eigenvalue weighted by Crippen LogP contribution is -2.50. The summed E-state index contributed by atoms with van der Waals surface area (Å²) in [7, 11) is 1.62. The zero-order valence-corrected chi connectivity index (χ0v) is 24.7. The van der Waals surface area contributed by atoms with Gasteiger partial charge in [0.2, 0.25) is 5.91 Å². The quantitative estimate of drug-likeness (QED) is 0.307. The normalized spacial score (nSPS) is 18.9. The molecule has 4 rings (SSSR count). The van der Waals surface area contributed by atoms with Crippen LogP contribution in [-0.4, -0.2) is 77.9 Å². The number of carbonyl (C=O) groups excluding carboxylic acids is 2. The van der Waals surface area contributed by atoms with Crippen LogP contribution in [0.4, 0.5) is 15.6 Å². The lowest BCUT2D eigenvalue weighted by atomic mass is 9.72. The molecule has 0 bridgehead atoms. The number of amides is 2. The third-order valence-corrected chi connectivity index (χ3v) is 8.23. The highest BCUT2D eigenvalue weighted by atomic mass is 32.1. The first-order valence-electron chi connectivity index (χ1n) is 13.3. The van der Waals surface area contributed by atoms with Gasteiger partial charge in [-0.25, -0.2) is 9.59 Å². The number of piperazine rings is 1. The SMILES string of the molecule is CN=CNc1sc2c(c1C#N)[C@@](C)(C(=O)NC(=N)c1cc(N3CCN(C(=O)OC(C)(C)C)CC3)nc(=O)[nH]1)CCC2. The van der Waals surface area contributed by atoms with Gasteiger partial charge < -0.3 is 30.2 Å². The molecule has 2 aliphatic rings. The number of aliphatic imine (C=N–C) groups is 1. The zero-order chi connectivity index (χ0) is 29.9. The van der Waals surface area contributed by atoms with E-state index in [-0.39, 0.29) is 11.5 Å². The Kier molecular flexibility index (Phi) is 8.48. The fraction of sp³-hybridized carbons (Fsp3) is 0.519. The summed E-state index contributed by atoms with van der Waals surface area (Å²) < 4.78 is 5.44. The topological polar surface area (TPSA) is 180 Å². The second kappa shape index (κ2) is 11.7. The van der Waals surface area contributed by atoms with Crippen molar-refractivity contribution in [2.75, 3.05) is 43.4 Å². The van der Waals surface area contributed by atoms with Crippen LogP contribution in [-0.2, 0) is 21.4 Å². The van der Waals surface area contributed by atoms with E-state index in [9.17, 15) is 19.6 Å². The molecule has 14 heteroatoms. The number of aromatic nitrogens is 2. The summed E-state index contributed by atoms with van der Waals surface area (Å²) in [6, 6.07) is 3.78. The number of ether oxygens (including phenoxy) is 1. The van der Waals surface area contributed by atoms with Crippen LogP contribution in [0, 0.1) is 16.7 Å². The molecule has 1 aliphatic heterocycles. The summed E-state index contributed by atoms with van der Waals surface area (Å²) in [5.41, 5.74) is -1.12. The van der Waals surface area contributed by atoms with E-state index in [1.54, 1.807) is 24.9 Å². The zero-order valence-electron chi connectivity index (χ0n) is 23.9. The van der Waals surface area contributed by atoms with Crippen LogP contribution in [0.2, 0.25) is 0 Å². The Hall–Kier alpha value is -4.25. The van der Waals surface area contributed by atoms with Crippen LogP contribution < -0.4 is 21.2 Å². The van der Waals surface area contributed by atoms with E-state index >= 15 is 0 Å². The lowest BCUT2D eigenvalue weighted by Gasteiger charge is -2.36. The Morgan fingerprint density at radius 1 is 1.32 bits per heavy atom. The number of nitriles is 1. The Balaban J connectivity index is 1.50. The molecule has 218 valence electrons. The van der Waals surface area contributed by atoms with Gasteiger partial charge in [-0.05, 0) is 47.0 Å². The van der Waals surface area contributed by atoms with Gasteiger partial charge in [-0.1, -0.05) is 0 Å². The van der Waals surface area contributed by atoms with Gasteiger partial charge in [0, 0.05) is 49.7 Å². The number of aryl methyl sites for hydroxylation is 1. The van der Waals surface area contributed by atoms with E-state index in [1.165, 1.54) is 17.7 Å². The maximum atomic E-state index is 13.7. The number of anilines is 2. The van der Waals surface area contributed by atoms with Crippen molar-refractivity contribution in [1.82, 2.24) is 20.2 Å². The van der Waals surface area contributed by atoms with Crippen LogP contribution in [0.25, 0.3) is 0 Å². The number of amidine groups is 1. The number of hydrogen-bond donors (Lipinski definition) is 4. The number of nitrogens with one attached hydrogen (secondary N) is 4. The summed E-state index contributed by atoms with van der Waals surface area (Å²) in [6.45, 7) is 8.82. The molecular formula is C27H35N9O4S. The van der Waals surface area contributed by atoms with Crippen LogP contribution in [0.5, 0.6) is 0 Å². The fourth-order valence-corrected chi connectivity index (χ4v) is 6.31. The Bertz CT molecular complexity index is 1470. The predicted molar refractivity (Wildman–Crippen MR) is 157 cm³/mol. The maximum Gasteiger partial charge on any atom is 0.410 e. The molecule has 41 heavy (non-hydrogen) atoms. The first-order valence-corrected chi connectivity index (χ1v) is 14.2. The molecule has 0 unspecified atom stereocenters. The standard InChI is InChI=1S/C27H35N9O4S/c1-26(2,3)40-25(39)36-11-9-35(10-12-36)19-13-17(32-24(38)33-19)21(29)34-23(37)27(4)8-6-7-18-20(27)16(14-28)22(41-18)31-15-30-5/h13,15H,6-12H2,1-5H3,(H,30,31)(H2,29,34,37)(H,32,33,38)/t27-/m0/s1. The van der Waals surface area contributed by atoms with Crippen molar-refractivity contribution in [2.45, 2.75) is 58.0 Å². The average molecular weight is 582 g/mol. The molecule has 0 spiro atoms. The van der Waals surface area contributed by atoms with Crippen LogP contribution in [0.3, 0.4) is 0 Å². The molecule has 1 saturated heterocycles. The number of hydrogen-bond acceptors (Lipinski definition) is 10. The van der Waals surface area contributed by atoms with Gasteiger partial charge in [-0.3, -0.25) is 15.2 Å². The van der Waals surface area contributed by atoms with Gasteiger partial charge in [0.05, 0.1) is 23.0 Å². The minimum absolute atomic E-state index is 0.106. The monoisotopic (exact) mass is 581 g/mol. The van der Waals surface area contributed by atoms with Crippen LogP contribution in [0.15, 0.2) is 15.9 Å². The van der Waals surface area contributed by atoms with Gasteiger partial charge in [0.1, 0.15) is 28.3 Å². The van der Waals surface area contributed by atoms with E-state index in [0.29, 0.717) is 54.5 Å². The molecule has 2 aromatic heterocycles. The highest BCUT2D eigenvalue weighted by Gasteiger charge is 2.43. The van der Waals surface area contributed by atoms with Gasteiger partial charge >= 0.3 is 11.8 Å². The number of nitrogens with zero attached hydrogens (tertiary/aromatic N) is 5. The molecule has 13 nitrogen and oxygen atoms in total. The first kappa shape index (κ1) is 29.7. The molecule has 0 radical (unpaired) electrons. The van der Waals surface area contributed by atoms with Gasteiger partial charge in [0.15, 0.2) is 0 Å². The number of H-pyrrole nitrogens is 1.